The number of hydrogen-bond acceptors (Lipinski definition) is 3. The molecule has 3 nitrogen and oxygen atoms in total. The van der Waals surface area contributed by atoms with E-state index in [1.54, 1.807) is 0 Å². The number of nitrogens with two attached hydrogens (primary N) is 1. The highest BCUT2D eigenvalue weighted by Gasteiger charge is 2.34. The van der Waals surface area contributed by atoms with Gasteiger partial charge in [-0.2, -0.15) is 0 Å². The lowest BCUT2D eigenvalue weighted by Crippen LogP contribution is -2.42. The van der Waals surface area contributed by atoms with Gasteiger partial charge in [-0.25, -0.2) is 0 Å². The molecule has 0 saturated heterocycles. The topological polar surface area (TPSA) is 44.5 Å². The van der Waals surface area contributed by atoms with Gasteiger partial charge < -0.3 is 15.2 Å². The molecule has 88 valence electrons. The predicted molar refractivity (Wildman–Crippen MR) is 63.8 cm³/mol. The fourth-order valence-corrected chi connectivity index (χ4v) is 1.94. The van der Waals surface area contributed by atoms with Gasteiger partial charge in [0.2, 0.25) is 0 Å². The minimum atomic E-state index is 0.0439. The molecule has 1 atom stereocenters. The summed E-state index contributed by atoms with van der Waals surface area (Å²) in [4.78, 5) is 0. The van der Waals surface area contributed by atoms with Crippen LogP contribution in [-0.2, 0) is 0 Å². The molecule has 1 aromatic carbocycles. The van der Waals surface area contributed by atoms with Gasteiger partial charge in [0.1, 0.15) is 12.7 Å². The minimum absolute atomic E-state index is 0.0439. The number of para-hydroxylation sites is 2. The molecule has 1 unspecified atom stereocenters. The van der Waals surface area contributed by atoms with Crippen LogP contribution in [-0.4, -0.2) is 19.3 Å². The molecule has 0 amide bonds. The summed E-state index contributed by atoms with van der Waals surface area (Å²) in [5, 5.41) is 0. The molecule has 1 heterocycles. The summed E-state index contributed by atoms with van der Waals surface area (Å²) in [6.07, 6.45) is 1.01. The second-order valence-electron chi connectivity index (χ2n) is 4.89. The number of benzene rings is 1. The van der Waals surface area contributed by atoms with Gasteiger partial charge in [-0.1, -0.05) is 26.0 Å². The van der Waals surface area contributed by atoms with Gasteiger partial charge in [0.25, 0.3) is 0 Å². The zero-order valence-electron chi connectivity index (χ0n) is 9.90. The Hall–Kier alpha value is -1.22. The number of ether oxygens (including phenoxy) is 2. The van der Waals surface area contributed by atoms with Crippen molar-refractivity contribution >= 4 is 0 Å². The van der Waals surface area contributed by atoms with Gasteiger partial charge >= 0.3 is 0 Å². The molecule has 2 N–H and O–H groups in total. The fourth-order valence-electron chi connectivity index (χ4n) is 1.94. The van der Waals surface area contributed by atoms with E-state index in [1.807, 2.05) is 24.3 Å². The van der Waals surface area contributed by atoms with Crippen LogP contribution < -0.4 is 15.2 Å². The van der Waals surface area contributed by atoms with Gasteiger partial charge in [-0.15, -0.1) is 0 Å². The lowest BCUT2D eigenvalue weighted by molar-refractivity contribution is 0.00425. The van der Waals surface area contributed by atoms with Crippen LogP contribution in [0.2, 0.25) is 0 Å². The Kier molecular flexibility index (Phi) is 3.06. The smallest absolute Gasteiger partial charge is 0.161 e. The van der Waals surface area contributed by atoms with E-state index in [4.69, 9.17) is 15.2 Å². The normalized spacial score (nSPS) is 19.6. The van der Waals surface area contributed by atoms with E-state index in [1.165, 1.54) is 0 Å². The van der Waals surface area contributed by atoms with Crippen molar-refractivity contribution in [3.05, 3.63) is 24.3 Å². The molecule has 2 rings (SSSR count). The summed E-state index contributed by atoms with van der Waals surface area (Å²) in [6.45, 7) is 5.61. The van der Waals surface area contributed by atoms with Crippen LogP contribution in [0.15, 0.2) is 24.3 Å². The average molecular weight is 221 g/mol. The van der Waals surface area contributed by atoms with E-state index in [0.29, 0.717) is 13.2 Å². The van der Waals surface area contributed by atoms with Crippen LogP contribution in [0.5, 0.6) is 11.5 Å². The summed E-state index contributed by atoms with van der Waals surface area (Å²) in [6, 6.07) is 7.79. The highest BCUT2D eigenvalue weighted by atomic mass is 16.6. The van der Waals surface area contributed by atoms with Crippen molar-refractivity contribution in [1.29, 1.82) is 0 Å². The second kappa shape index (κ2) is 4.34. The monoisotopic (exact) mass is 221 g/mol. The van der Waals surface area contributed by atoms with Gasteiger partial charge in [-0.3, -0.25) is 0 Å². The Bertz CT molecular complexity index is 363. The molecule has 0 fully saturated rings. The van der Waals surface area contributed by atoms with Crippen LogP contribution in [0.25, 0.3) is 0 Å². The molecule has 1 aliphatic heterocycles. The number of hydrogen-bond donors (Lipinski definition) is 1. The number of rotatable bonds is 3. The first kappa shape index (κ1) is 11.3. The van der Waals surface area contributed by atoms with E-state index < -0.39 is 0 Å². The zero-order valence-corrected chi connectivity index (χ0v) is 9.90. The molecule has 0 spiro atoms. The maximum absolute atomic E-state index is 5.97. The SMILES string of the molecule is CC(C)(CCN)C1COc2ccccc2O1. The van der Waals surface area contributed by atoms with Crippen LogP contribution >= 0.6 is 0 Å². The molecule has 0 bridgehead atoms. The summed E-state index contributed by atoms with van der Waals surface area (Å²) in [5.41, 5.74) is 5.66. The first-order chi connectivity index (χ1) is 7.63. The molecule has 1 aliphatic rings. The van der Waals surface area contributed by atoms with Crippen LogP contribution in [0.1, 0.15) is 20.3 Å². The van der Waals surface area contributed by atoms with Crippen molar-refractivity contribution in [2.75, 3.05) is 13.2 Å². The Morgan fingerprint density at radius 2 is 2.00 bits per heavy atom. The quantitative estimate of drug-likeness (QED) is 0.851. The maximum atomic E-state index is 5.97. The van der Waals surface area contributed by atoms with Crippen molar-refractivity contribution in [1.82, 2.24) is 0 Å². The number of fused-ring (bicyclic) bond motifs is 1. The summed E-state index contributed by atoms with van der Waals surface area (Å²) >= 11 is 0. The standard InChI is InChI=1S/C13H19NO2/c1-13(2,7-8-14)12-9-15-10-5-3-4-6-11(10)16-12/h3-6,12H,7-9,14H2,1-2H3. The molecular weight excluding hydrogens is 202 g/mol. The molecule has 3 heteroatoms. The van der Waals surface area contributed by atoms with Gasteiger partial charge in [0.05, 0.1) is 0 Å². The van der Waals surface area contributed by atoms with Gasteiger partial charge in [0, 0.05) is 5.41 Å². The summed E-state index contributed by atoms with van der Waals surface area (Å²) in [7, 11) is 0. The van der Waals surface area contributed by atoms with Gasteiger partial charge in [-0.05, 0) is 25.1 Å². The molecule has 0 radical (unpaired) electrons. The predicted octanol–water partition coefficient (Wildman–Crippen LogP) is 2.20. The maximum Gasteiger partial charge on any atom is 0.161 e. The van der Waals surface area contributed by atoms with Crippen LogP contribution in [0.4, 0.5) is 0 Å². The second-order valence-corrected chi connectivity index (χ2v) is 4.89. The van der Waals surface area contributed by atoms with E-state index >= 15 is 0 Å². The Balaban J connectivity index is 2.13. The lowest BCUT2D eigenvalue weighted by Gasteiger charge is -2.37. The zero-order chi connectivity index (χ0) is 11.6. The average Bonchev–Trinajstić information content (AvgIpc) is 2.28. The Morgan fingerprint density at radius 3 is 2.69 bits per heavy atom. The van der Waals surface area contributed by atoms with Crippen molar-refractivity contribution < 1.29 is 9.47 Å². The van der Waals surface area contributed by atoms with E-state index in [-0.39, 0.29) is 11.5 Å². The third-order valence-corrected chi connectivity index (χ3v) is 3.17. The van der Waals surface area contributed by atoms with E-state index in [2.05, 4.69) is 13.8 Å². The van der Waals surface area contributed by atoms with E-state index in [9.17, 15) is 0 Å². The molecule has 1 aromatic rings. The lowest BCUT2D eigenvalue weighted by atomic mass is 9.83. The van der Waals surface area contributed by atoms with Crippen molar-refractivity contribution in [2.45, 2.75) is 26.4 Å². The first-order valence-electron chi connectivity index (χ1n) is 5.72. The Morgan fingerprint density at radius 1 is 1.31 bits per heavy atom. The van der Waals surface area contributed by atoms with Crippen LogP contribution in [0, 0.1) is 5.41 Å². The summed E-state index contributed by atoms with van der Waals surface area (Å²) in [5.74, 6) is 1.67. The third kappa shape index (κ3) is 2.14. The molecule has 16 heavy (non-hydrogen) atoms. The fraction of sp³-hybridized carbons (Fsp3) is 0.538. The van der Waals surface area contributed by atoms with Crippen LogP contribution in [0.3, 0.4) is 0 Å². The highest BCUT2D eigenvalue weighted by Crippen LogP contribution is 2.37. The molecular formula is C13H19NO2. The van der Waals surface area contributed by atoms with Crippen molar-refractivity contribution in [3.63, 3.8) is 0 Å². The van der Waals surface area contributed by atoms with Crippen molar-refractivity contribution in [2.24, 2.45) is 11.1 Å². The highest BCUT2D eigenvalue weighted by molar-refractivity contribution is 5.40. The molecule has 0 aliphatic carbocycles. The van der Waals surface area contributed by atoms with Crippen molar-refractivity contribution in [3.8, 4) is 11.5 Å². The molecule has 0 aromatic heterocycles. The minimum Gasteiger partial charge on any atom is -0.486 e. The Labute approximate surface area is 96.5 Å². The van der Waals surface area contributed by atoms with Gasteiger partial charge in [0.15, 0.2) is 11.5 Å². The molecule has 0 saturated carbocycles. The first-order valence-corrected chi connectivity index (χ1v) is 5.72. The van der Waals surface area contributed by atoms with E-state index in [0.717, 1.165) is 17.9 Å². The largest absolute Gasteiger partial charge is 0.486 e. The summed E-state index contributed by atoms with van der Waals surface area (Å²) < 4.78 is 11.7. The third-order valence-electron chi connectivity index (χ3n) is 3.17.